The van der Waals surface area contributed by atoms with Gasteiger partial charge >= 0.3 is 0 Å². The molecule has 5 nitrogen and oxygen atoms in total. The fourth-order valence-electron chi connectivity index (χ4n) is 4.03. The number of methoxy groups -OCH3 is 1. The maximum Gasteiger partial charge on any atom is 0.270 e. The Hall–Kier alpha value is -1.85. The molecule has 0 unspecified atom stereocenters. The lowest BCUT2D eigenvalue weighted by Gasteiger charge is -2.53. The normalized spacial score (nSPS) is 22.7. The van der Waals surface area contributed by atoms with Crippen molar-refractivity contribution in [3.63, 3.8) is 0 Å². The van der Waals surface area contributed by atoms with Crippen molar-refractivity contribution < 1.29 is 14.3 Å². The zero-order valence-electron chi connectivity index (χ0n) is 14.1. The Labute approximate surface area is 141 Å². The number of hydrogen-bond donors (Lipinski definition) is 1. The molecular weight excluding hydrogens is 304 g/mol. The molecule has 5 heteroatoms. The molecule has 1 aromatic carbocycles. The van der Waals surface area contributed by atoms with Gasteiger partial charge in [0.15, 0.2) is 0 Å². The summed E-state index contributed by atoms with van der Waals surface area (Å²) in [5.41, 5.74) is 1.54. The highest BCUT2D eigenvalue weighted by atomic mass is 16.5. The predicted molar refractivity (Wildman–Crippen MR) is 92.1 cm³/mol. The molecule has 0 radical (unpaired) electrons. The number of H-pyrrole nitrogens is 1. The molecule has 1 amide bonds. The van der Waals surface area contributed by atoms with Crippen molar-refractivity contribution in [3.05, 3.63) is 36.0 Å². The molecular formula is C19H24N2O3. The van der Waals surface area contributed by atoms with E-state index in [-0.39, 0.29) is 11.5 Å². The largest absolute Gasteiger partial charge is 0.385 e. The fraction of sp³-hybridized carbons (Fsp3) is 0.526. The van der Waals surface area contributed by atoms with Gasteiger partial charge in [0.25, 0.3) is 5.91 Å². The van der Waals surface area contributed by atoms with Gasteiger partial charge in [-0.15, -0.1) is 0 Å². The first-order chi connectivity index (χ1) is 11.7. The number of carbonyl (C=O) groups is 1. The van der Waals surface area contributed by atoms with Crippen molar-refractivity contribution >= 4 is 16.8 Å². The summed E-state index contributed by atoms with van der Waals surface area (Å²) in [5, 5.41) is 1.07. The standard InChI is InChI=1S/C19H24N2O3/c1-23-8-6-14-7-9-24-19(11-14)12-21(13-19)18(22)17-10-15-4-2-3-5-16(15)20-17/h2-5,10,14,20H,6-9,11-13H2,1H3/t14-/m1/s1. The zero-order valence-corrected chi connectivity index (χ0v) is 14.1. The summed E-state index contributed by atoms with van der Waals surface area (Å²) in [6.45, 7) is 3.00. The number of para-hydroxylation sites is 1. The van der Waals surface area contributed by atoms with Crippen LogP contribution in [0, 0.1) is 5.92 Å². The van der Waals surface area contributed by atoms with Crippen molar-refractivity contribution in [1.29, 1.82) is 0 Å². The Balaban J connectivity index is 1.40. The minimum Gasteiger partial charge on any atom is -0.385 e. The monoisotopic (exact) mass is 328 g/mol. The van der Waals surface area contributed by atoms with E-state index in [1.54, 1.807) is 7.11 Å². The summed E-state index contributed by atoms with van der Waals surface area (Å²) in [7, 11) is 1.75. The number of fused-ring (bicyclic) bond motifs is 1. The highest BCUT2D eigenvalue weighted by Gasteiger charge is 2.49. The second-order valence-corrected chi connectivity index (χ2v) is 7.10. The van der Waals surface area contributed by atoms with E-state index in [1.165, 1.54) is 0 Å². The lowest BCUT2D eigenvalue weighted by Crippen LogP contribution is -2.66. The third kappa shape index (κ3) is 2.82. The van der Waals surface area contributed by atoms with E-state index in [9.17, 15) is 4.79 Å². The van der Waals surface area contributed by atoms with Gasteiger partial charge in [0, 0.05) is 31.2 Å². The fourth-order valence-corrected chi connectivity index (χ4v) is 4.03. The van der Waals surface area contributed by atoms with Gasteiger partial charge in [-0.3, -0.25) is 4.79 Å². The number of ether oxygens (including phenoxy) is 2. The van der Waals surface area contributed by atoms with E-state index >= 15 is 0 Å². The molecule has 1 aromatic heterocycles. The Morgan fingerprint density at radius 3 is 3.04 bits per heavy atom. The predicted octanol–water partition coefficient (Wildman–Crippen LogP) is 2.83. The Morgan fingerprint density at radius 1 is 1.42 bits per heavy atom. The van der Waals surface area contributed by atoms with Crippen LogP contribution in [-0.4, -0.2) is 54.8 Å². The zero-order chi connectivity index (χ0) is 16.6. The Morgan fingerprint density at radius 2 is 2.25 bits per heavy atom. The van der Waals surface area contributed by atoms with Crippen LogP contribution in [0.25, 0.3) is 10.9 Å². The van der Waals surface area contributed by atoms with E-state index in [2.05, 4.69) is 4.98 Å². The minimum atomic E-state index is -0.127. The van der Waals surface area contributed by atoms with Gasteiger partial charge in [-0.05, 0) is 37.3 Å². The first-order valence-electron chi connectivity index (χ1n) is 8.69. The molecule has 0 saturated carbocycles. The van der Waals surface area contributed by atoms with Crippen molar-refractivity contribution in [2.75, 3.05) is 33.4 Å². The molecule has 1 spiro atoms. The maximum atomic E-state index is 12.7. The van der Waals surface area contributed by atoms with E-state index in [0.29, 0.717) is 24.7 Å². The van der Waals surface area contributed by atoms with Gasteiger partial charge in [-0.25, -0.2) is 0 Å². The Kier molecular flexibility index (Phi) is 4.06. The summed E-state index contributed by atoms with van der Waals surface area (Å²) in [6, 6.07) is 9.91. The third-order valence-electron chi connectivity index (χ3n) is 5.33. The van der Waals surface area contributed by atoms with Crippen LogP contribution in [0.1, 0.15) is 29.8 Å². The third-order valence-corrected chi connectivity index (χ3v) is 5.33. The molecule has 3 heterocycles. The number of carbonyl (C=O) groups excluding carboxylic acids is 1. The highest BCUT2D eigenvalue weighted by Crippen LogP contribution is 2.38. The molecule has 0 bridgehead atoms. The van der Waals surface area contributed by atoms with Gasteiger partial charge in [-0.1, -0.05) is 18.2 Å². The number of aromatic nitrogens is 1. The van der Waals surface area contributed by atoms with Gasteiger partial charge < -0.3 is 19.4 Å². The SMILES string of the molecule is COCC[C@@H]1CCOC2(C1)CN(C(=O)c1cc3ccccc3[nH]1)C2. The average Bonchev–Trinajstić information content (AvgIpc) is 3.01. The topological polar surface area (TPSA) is 54.6 Å². The van der Waals surface area contributed by atoms with Crippen LogP contribution in [0.5, 0.6) is 0 Å². The van der Waals surface area contributed by atoms with Gasteiger partial charge in [-0.2, -0.15) is 0 Å². The molecule has 4 rings (SSSR count). The van der Waals surface area contributed by atoms with Gasteiger partial charge in [0.2, 0.25) is 0 Å². The summed E-state index contributed by atoms with van der Waals surface area (Å²) in [6.07, 6.45) is 3.21. The van der Waals surface area contributed by atoms with Gasteiger partial charge in [0.1, 0.15) is 11.3 Å². The summed E-state index contributed by atoms with van der Waals surface area (Å²) in [5.74, 6) is 0.712. The first kappa shape index (κ1) is 15.7. The van der Waals surface area contributed by atoms with Crippen molar-refractivity contribution in [2.24, 2.45) is 5.92 Å². The quantitative estimate of drug-likeness (QED) is 0.939. The maximum absolute atomic E-state index is 12.7. The number of likely N-dealkylation sites (tertiary alicyclic amines) is 1. The molecule has 2 fully saturated rings. The van der Waals surface area contributed by atoms with Crippen molar-refractivity contribution in [2.45, 2.75) is 24.9 Å². The second kappa shape index (κ2) is 6.22. The molecule has 1 atom stereocenters. The number of amides is 1. The van der Waals surface area contributed by atoms with Crippen LogP contribution in [0.3, 0.4) is 0 Å². The molecule has 2 aliphatic rings. The summed E-state index contributed by atoms with van der Waals surface area (Å²) < 4.78 is 11.2. The van der Waals surface area contributed by atoms with Crippen LogP contribution in [0.15, 0.2) is 30.3 Å². The average molecular weight is 328 g/mol. The molecule has 2 saturated heterocycles. The Bertz CT molecular complexity index is 700. The summed E-state index contributed by atoms with van der Waals surface area (Å²) in [4.78, 5) is 17.8. The summed E-state index contributed by atoms with van der Waals surface area (Å²) >= 11 is 0. The number of nitrogens with zero attached hydrogens (tertiary/aromatic N) is 1. The van der Waals surface area contributed by atoms with Crippen LogP contribution < -0.4 is 0 Å². The number of benzene rings is 1. The van der Waals surface area contributed by atoms with E-state index in [0.717, 1.165) is 43.4 Å². The highest BCUT2D eigenvalue weighted by molar-refractivity contribution is 5.98. The van der Waals surface area contributed by atoms with Crippen LogP contribution in [0.4, 0.5) is 0 Å². The van der Waals surface area contributed by atoms with Crippen molar-refractivity contribution in [3.8, 4) is 0 Å². The lowest BCUT2D eigenvalue weighted by molar-refractivity contribution is -0.167. The van der Waals surface area contributed by atoms with E-state index in [1.807, 2.05) is 35.2 Å². The number of nitrogens with one attached hydrogen (secondary N) is 1. The number of rotatable bonds is 4. The van der Waals surface area contributed by atoms with Crippen LogP contribution in [0.2, 0.25) is 0 Å². The minimum absolute atomic E-state index is 0.0689. The van der Waals surface area contributed by atoms with E-state index in [4.69, 9.17) is 9.47 Å². The smallest absolute Gasteiger partial charge is 0.270 e. The first-order valence-corrected chi connectivity index (χ1v) is 8.69. The van der Waals surface area contributed by atoms with Gasteiger partial charge in [0.05, 0.1) is 13.1 Å². The lowest BCUT2D eigenvalue weighted by atomic mass is 9.79. The molecule has 0 aliphatic carbocycles. The number of aromatic amines is 1. The molecule has 1 N–H and O–H groups in total. The van der Waals surface area contributed by atoms with Crippen LogP contribution in [-0.2, 0) is 9.47 Å². The molecule has 24 heavy (non-hydrogen) atoms. The van der Waals surface area contributed by atoms with Crippen LogP contribution >= 0.6 is 0 Å². The second-order valence-electron chi connectivity index (χ2n) is 7.10. The van der Waals surface area contributed by atoms with E-state index < -0.39 is 0 Å². The molecule has 2 aromatic rings. The van der Waals surface area contributed by atoms with Crippen molar-refractivity contribution in [1.82, 2.24) is 9.88 Å². The number of hydrogen-bond acceptors (Lipinski definition) is 3. The molecule has 2 aliphatic heterocycles. The molecule has 128 valence electrons.